The predicted molar refractivity (Wildman–Crippen MR) is 70.8 cm³/mol. The van der Waals surface area contributed by atoms with Gasteiger partial charge in [-0.2, -0.15) is 0 Å². The van der Waals surface area contributed by atoms with Gasteiger partial charge in [-0.25, -0.2) is 0 Å². The number of amides is 1. The van der Waals surface area contributed by atoms with Crippen LogP contribution in [0.3, 0.4) is 0 Å². The summed E-state index contributed by atoms with van der Waals surface area (Å²) in [5.74, 6) is -0.724. The van der Waals surface area contributed by atoms with Crippen LogP contribution in [-0.4, -0.2) is 22.2 Å². The number of nitrogens with one attached hydrogen (secondary N) is 1. The van der Waals surface area contributed by atoms with Crippen LogP contribution in [0.1, 0.15) is 49.9 Å². The van der Waals surface area contributed by atoms with Crippen molar-refractivity contribution in [1.82, 2.24) is 5.32 Å². The van der Waals surface area contributed by atoms with Crippen LogP contribution in [0.5, 0.6) is 11.5 Å². The maximum Gasteiger partial charge on any atom is 0.251 e. The number of aromatic hydroxyl groups is 2. The van der Waals surface area contributed by atoms with Crippen LogP contribution in [-0.2, 0) is 0 Å². The molecule has 0 aliphatic heterocycles. The first-order valence-electron chi connectivity index (χ1n) is 6.37. The van der Waals surface area contributed by atoms with Gasteiger partial charge in [-0.05, 0) is 31.5 Å². The molecular weight excluding hydrogens is 230 g/mol. The molecule has 1 amide bonds. The van der Waals surface area contributed by atoms with Crippen LogP contribution < -0.4 is 5.32 Å². The maximum atomic E-state index is 11.8. The first kappa shape index (κ1) is 14.4. The highest BCUT2D eigenvalue weighted by molar-refractivity contribution is 5.95. The minimum absolute atomic E-state index is 0.111. The fourth-order valence-electron chi connectivity index (χ4n) is 1.74. The molecule has 0 aliphatic carbocycles. The molecular formula is C14H21NO3. The zero-order valence-corrected chi connectivity index (χ0v) is 10.9. The van der Waals surface area contributed by atoms with Crippen LogP contribution in [0, 0.1) is 0 Å². The van der Waals surface area contributed by atoms with Gasteiger partial charge in [0.2, 0.25) is 0 Å². The van der Waals surface area contributed by atoms with Crippen LogP contribution in [0.2, 0.25) is 0 Å². The highest BCUT2D eigenvalue weighted by atomic mass is 16.3. The van der Waals surface area contributed by atoms with Crippen LogP contribution in [0.25, 0.3) is 0 Å². The Morgan fingerprint density at radius 2 is 2.00 bits per heavy atom. The predicted octanol–water partition coefficient (Wildman–Crippen LogP) is 2.80. The third-order valence-electron chi connectivity index (χ3n) is 2.86. The summed E-state index contributed by atoms with van der Waals surface area (Å²) < 4.78 is 0. The summed E-state index contributed by atoms with van der Waals surface area (Å²) in [6.07, 6.45) is 4.37. The molecule has 0 fully saturated rings. The summed E-state index contributed by atoms with van der Waals surface area (Å²) in [7, 11) is 0. The first-order chi connectivity index (χ1) is 8.54. The van der Waals surface area contributed by atoms with E-state index in [9.17, 15) is 9.90 Å². The maximum absolute atomic E-state index is 11.8. The van der Waals surface area contributed by atoms with Crippen molar-refractivity contribution in [3.05, 3.63) is 23.8 Å². The molecule has 0 bridgehead atoms. The third-order valence-corrected chi connectivity index (χ3v) is 2.86. The number of carbonyl (C=O) groups excluding carboxylic acids is 1. The second-order valence-corrected chi connectivity index (χ2v) is 4.57. The number of unbranched alkanes of at least 4 members (excludes halogenated alkanes) is 2. The monoisotopic (exact) mass is 251 g/mol. The second kappa shape index (κ2) is 6.89. The fraction of sp³-hybridized carbons (Fsp3) is 0.500. The zero-order chi connectivity index (χ0) is 13.5. The Morgan fingerprint density at radius 3 is 2.61 bits per heavy atom. The van der Waals surface area contributed by atoms with E-state index < -0.39 is 0 Å². The first-order valence-corrected chi connectivity index (χ1v) is 6.37. The van der Waals surface area contributed by atoms with E-state index in [4.69, 9.17) is 5.11 Å². The van der Waals surface area contributed by atoms with Crippen molar-refractivity contribution in [1.29, 1.82) is 0 Å². The van der Waals surface area contributed by atoms with Crippen LogP contribution in [0.4, 0.5) is 0 Å². The summed E-state index contributed by atoms with van der Waals surface area (Å²) in [5, 5.41) is 21.4. The van der Waals surface area contributed by atoms with E-state index in [-0.39, 0.29) is 23.4 Å². The van der Waals surface area contributed by atoms with Crippen molar-refractivity contribution in [2.75, 3.05) is 0 Å². The molecule has 0 aromatic heterocycles. The lowest BCUT2D eigenvalue weighted by Crippen LogP contribution is -2.32. The quantitative estimate of drug-likeness (QED) is 0.538. The fourth-order valence-corrected chi connectivity index (χ4v) is 1.74. The molecule has 1 aromatic rings. The van der Waals surface area contributed by atoms with E-state index in [1.54, 1.807) is 0 Å². The van der Waals surface area contributed by atoms with Crippen molar-refractivity contribution in [2.24, 2.45) is 0 Å². The number of phenolic OH excluding ortho intramolecular Hbond substituents is 2. The average Bonchev–Trinajstić information content (AvgIpc) is 2.33. The molecule has 0 heterocycles. The van der Waals surface area contributed by atoms with Gasteiger partial charge < -0.3 is 15.5 Å². The Hall–Kier alpha value is -1.71. The van der Waals surface area contributed by atoms with Crippen molar-refractivity contribution < 1.29 is 15.0 Å². The van der Waals surface area contributed by atoms with E-state index in [2.05, 4.69) is 12.2 Å². The summed E-state index contributed by atoms with van der Waals surface area (Å²) in [6, 6.07) is 4.18. The highest BCUT2D eigenvalue weighted by Gasteiger charge is 2.11. The lowest BCUT2D eigenvalue weighted by Gasteiger charge is -2.13. The molecule has 0 saturated carbocycles. The van der Waals surface area contributed by atoms with E-state index >= 15 is 0 Å². The number of carbonyl (C=O) groups is 1. The van der Waals surface area contributed by atoms with Gasteiger partial charge >= 0.3 is 0 Å². The molecule has 1 aromatic carbocycles. The lowest BCUT2D eigenvalue weighted by atomic mass is 10.1. The number of phenols is 2. The van der Waals surface area contributed by atoms with E-state index in [0.717, 1.165) is 19.3 Å². The van der Waals surface area contributed by atoms with Gasteiger partial charge in [0, 0.05) is 11.6 Å². The average molecular weight is 251 g/mol. The van der Waals surface area contributed by atoms with E-state index in [0.29, 0.717) is 5.56 Å². The Bertz CT molecular complexity index is 404. The molecule has 3 N–H and O–H groups in total. The summed E-state index contributed by atoms with van der Waals surface area (Å²) in [6.45, 7) is 4.11. The summed E-state index contributed by atoms with van der Waals surface area (Å²) in [4.78, 5) is 11.8. The Balaban J connectivity index is 2.51. The standard InChI is InChI=1S/C14H21NO3/c1-3-4-5-6-10(2)15-14(18)11-7-8-12(16)13(17)9-11/h7-10,16-17H,3-6H2,1-2H3,(H,15,18). The van der Waals surface area contributed by atoms with E-state index in [1.807, 2.05) is 6.92 Å². The van der Waals surface area contributed by atoms with Crippen molar-refractivity contribution in [2.45, 2.75) is 45.6 Å². The second-order valence-electron chi connectivity index (χ2n) is 4.57. The largest absolute Gasteiger partial charge is 0.504 e. The van der Waals surface area contributed by atoms with Crippen molar-refractivity contribution >= 4 is 5.91 Å². The van der Waals surface area contributed by atoms with Gasteiger partial charge in [0.05, 0.1) is 0 Å². The summed E-state index contributed by atoms with van der Waals surface area (Å²) >= 11 is 0. The van der Waals surface area contributed by atoms with Crippen molar-refractivity contribution in [3.8, 4) is 11.5 Å². The Kier molecular flexibility index (Phi) is 5.49. The lowest BCUT2D eigenvalue weighted by molar-refractivity contribution is 0.0937. The minimum atomic E-state index is -0.277. The van der Waals surface area contributed by atoms with Crippen LogP contribution >= 0.6 is 0 Å². The Labute approximate surface area is 108 Å². The van der Waals surface area contributed by atoms with Gasteiger partial charge in [-0.1, -0.05) is 26.2 Å². The molecule has 0 radical (unpaired) electrons. The van der Waals surface area contributed by atoms with E-state index in [1.165, 1.54) is 24.6 Å². The molecule has 4 nitrogen and oxygen atoms in total. The smallest absolute Gasteiger partial charge is 0.251 e. The summed E-state index contributed by atoms with van der Waals surface area (Å²) in [5.41, 5.74) is 0.354. The van der Waals surface area contributed by atoms with Gasteiger partial charge in [0.1, 0.15) is 0 Å². The molecule has 0 spiro atoms. The highest BCUT2D eigenvalue weighted by Crippen LogP contribution is 2.24. The number of benzene rings is 1. The number of rotatable bonds is 6. The van der Waals surface area contributed by atoms with Crippen molar-refractivity contribution in [3.63, 3.8) is 0 Å². The van der Waals surface area contributed by atoms with Gasteiger partial charge in [0.15, 0.2) is 11.5 Å². The SMILES string of the molecule is CCCCCC(C)NC(=O)c1ccc(O)c(O)c1. The molecule has 18 heavy (non-hydrogen) atoms. The zero-order valence-electron chi connectivity index (χ0n) is 10.9. The van der Waals surface area contributed by atoms with Gasteiger partial charge in [-0.3, -0.25) is 4.79 Å². The van der Waals surface area contributed by atoms with Crippen LogP contribution in [0.15, 0.2) is 18.2 Å². The molecule has 1 atom stereocenters. The number of hydrogen-bond acceptors (Lipinski definition) is 3. The topological polar surface area (TPSA) is 69.6 Å². The minimum Gasteiger partial charge on any atom is -0.504 e. The molecule has 100 valence electrons. The molecule has 1 rings (SSSR count). The van der Waals surface area contributed by atoms with Gasteiger partial charge in [0.25, 0.3) is 5.91 Å². The molecule has 0 saturated heterocycles. The Morgan fingerprint density at radius 1 is 1.28 bits per heavy atom. The molecule has 4 heteroatoms. The van der Waals surface area contributed by atoms with Gasteiger partial charge in [-0.15, -0.1) is 0 Å². The normalized spacial score (nSPS) is 12.1. The molecule has 0 aliphatic rings. The number of hydrogen-bond donors (Lipinski definition) is 3. The molecule has 1 unspecified atom stereocenters. The third kappa shape index (κ3) is 4.28.